The van der Waals surface area contributed by atoms with E-state index in [2.05, 4.69) is 16.4 Å². The number of benzene rings is 1. The van der Waals surface area contributed by atoms with E-state index in [1.165, 1.54) is 10.9 Å². The molecule has 0 unspecified atom stereocenters. The van der Waals surface area contributed by atoms with Gasteiger partial charge in [-0.2, -0.15) is 0 Å². The predicted molar refractivity (Wildman–Crippen MR) is 88.3 cm³/mol. The minimum atomic E-state index is -0.369. The van der Waals surface area contributed by atoms with E-state index in [9.17, 15) is 4.39 Å². The Bertz CT molecular complexity index is 740. The first-order valence-electron chi connectivity index (χ1n) is 6.83. The van der Waals surface area contributed by atoms with Crippen molar-refractivity contribution in [1.29, 1.82) is 0 Å². The average molecular weight is 334 g/mol. The van der Waals surface area contributed by atoms with E-state index in [1.54, 1.807) is 34.8 Å². The van der Waals surface area contributed by atoms with Gasteiger partial charge in [0.2, 0.25) is 0 Å². The fourth-order valence-corrected chi connectivity index (χ4v) is 3.73. The number of hydrogen-bond donors (Lipinski definition) is 2. The molecule has 6 heteroatoms. The fraction of sp³-hybridized carbons (Fsp3) is 0.188. The molecule has 0 atom stereocenters. The van der Waals surface area contributed by atoms with Crippen LogP contribution in [0.25, 0.3) is 9.88 Å². The second kappa shape index (κ2) is 7.11. The third kappa shape index (κ3) is 3.59. The highest BCUT2D eigenvalue weighted by Crippen LogP contribution is 2.27. The summed E-state index contributed by atoms with van der Waals surface area (Å²) in [4.78, 5) is 5.78. The highest BCUT2D eigenvalue weighted by Gasteiger charge is 2.06. The fourth-order valence-electron chi connectivity index (χ4n) is 2.10. The van der Waals surface area contributed by atoms with Gasteiger partial charge in [0.05, 0.1) is 17.2 Å². The van der Waals surface area contributed by atoms with Gasteiger partial charge >= 0.3 is 0 Å². The van der Waals surface area contributed by atoms with Crippen LogP contribution < -0.4 is 5.32 Å². The van der Waals surface area contributed by atoms with Crippen molar-refractivity contribution >= 4 is 22.7 Å². The van der Waals surface area contributed by atoms with Crippen LogP contribution in [0, 0.1) is 5.82 Å². The highest BCUT2D eigenvalue weighted by atomic mass is 32.1. The second-order valence-corrected chi connectivity index (χ2v) is 6.61. The molecule has 22 heavy (non-hydrogen) atoms. The van der Waals surface area contributed by atoms with Crippen molar-refractivity contribution < 1.29 is 9.50 Å². The van der Waals surface area contributed by atoms with E-state index in [0.29, 0.717) is 18.7 Å². The van der Waals surface area contributed by atoms with Gasteiger partial charge in [-0.3, -0.25) is 0 Å². The maximum Gasteiger partial charge on any atom is 0.133 e. The van der Waals surface area contributed by atoms with Crippen LogP contribution in [0.1, 0.15) is 16.8 Å². The topological polar surface area (TPSA) is 45.1 Å². The summed E-state index contributed by atoms with van der Waals surface area (Å²) in [6.07, 6.45) is 0. The lowest BCUT2D eigenvalue weighted by Crippen LogP contribution is -2.13. The lowest BCUT2D eigenvalue weighted by molar-refractivity contribution is 0.275. The van der Waals surface area contributed by atoms with E-state index >= 15 is 0 Å². The van der Waals surface area contributed by atoms with E-state index in [4.69, 9.17) is 5.11 Å². The number of thiophene rings is 1. The molecule has 0 aliphatic heterocycles. The summed E-state index contributed by atoms with van der Waals surface area (Å²) in [5.41, 5.74) is 2.27. The number of nitrogens with zero attached hydrogens (tertiary/aromatic N) is 1. The Labute approximate surface area is 136 Å². The summed E-state index contributed by atoms with van der Waals surface area (Å²) in [6, 6.07) is 8.88. The van der Waals surface area contributed by atoms with Gasteiger partial charge in [-0.05, 0) is 29.1 Å². The smallest absolute Gasteiger partial charge is 0.133 e. The molecule has 0 spiro atoms. The van der Waals surface area contributed by atoms with Gasteiger partial charge in [0.25, 0.3) is 0 Å². The van der Waals surface area contributed by atoms with E-state index in [0.717, 1.165) is 16.3 Å². The van der Waals surface area contributed by atoms with Crippen LogP contribution in [0.4, 0.5) is 4.39 Å². The second-order valence-electron chi connectivity index (χ2n) is 4.81. The molecule has 3 aromatic rings. The van der Waals surface area contributed by atoms with Crippen LogP contribution in [0.2, 0.25) is 0 Å². The Morgan fingerprint density at radius 3 is 2.86 bits per heavy atom. The highest BCUT2D eigenvalue weighted by molar-refractivity contribution is 7.20. The molecule has 2 aromatic heterocycles. The zero-order valence-corrected chi connectivity index (χ0v) is 13.4. The summed E-state index contributed by atoms with van der Waals surface area (Å²) >= 11 is 3.32. The first-order valence-corrected chi connectivity index (χ1v) is 8.59. The van der Waals surface area contributed by atoms with Crippen molar-refractivity contribution in [2.45, 2.75) is 19.7 Å². The van der Waals surface area contributed by atoms with Crippen LogP contribution in [0.5, 0.6) is 0 Å². The molecular formula is C16H15FN2OS2. The van der Waals surface area contributed by atoms with Crippen LogP contribution in [0.3, 0.4) is 0 Å². The standard InChI is InChI=1S/C16H15FN2OS2/c17-14-4-3-11(6-12(14)9-20)7-18-8-13-10-22-16(19-13)15-2-1-5-21-15/h1-6,10,18,20H,7-9H2. The minimum Gasteiger partial charge on any atom is -0.392 e. The van der Waals surface area contributed by atoms with Gasteiger partial charge in [-0.15, -0.1) is 22.7 Å². The quantitative estimate of drug-likeness (QED) is 0.721. The third-order valence-electron chi connectivity index (χ3n) is 3.20. The Morgan fingerprint density at radius 1 is 1.18 bits per heavy atom. The number of aliphatic hydroxyl groups is 1. The van der Waals surface area contributed by atoms with Crippen molar-refractivity contribution in [3.63, 3.8) is 0 Å². The summed E-state index contributed by atoms with van der Waals surface area (Å²) in [5, 5.41) is 17.5. The zero-order chi connectivity index (χ0) is 15.4. The van der Waals surface area contributed by atoms with E-state index in [1.807, 2.05) is 16.8 Å². The summed E-state index contributed by atoms with van der Waals surface area (Å²) in [5.74, 6) is -0.369. The lowest BCUT2D eigenvalue weighted by Gasteiger charge is -2.06. The molecule has 2 N–H and O–H groups in total. The largest absolute Gasteiger partial charge is 0.392 e. The number of nitrogens with one attached hydrogen (secondary N) is 1. The SMILES string of the molecule is OCc1cc(CNCc2csc(-c3cccs3)n2)ccc1F. The Hall–Kier alpha value is -1.60. The van der Waals surface area contributed by atoms with Gasteiger partial charge in [0, 0.05) is 24.0 Å². The average Bonchev–Trinajstić information content (AvgIpc) is 3.19. The predicted octanol–water partition coefficient (Wildman–Crippen LogP) is 3.79. The molecule has 3 nitrogen and oxygen atoms in total. The van der Waals surface area contributed by atoms with E-state index in [-0.39, 0.29) is 12.4 Å². The summed E-state index contributed by atoms with van der Waals surface area (Å²) < 4.78 is 13.3. The molecule has 3 rings (SSSR count). The van der Waals surface area contributed by atoms with Crippen molar-refractivity contribution in [3.8, 4) is 9.88 Å². The van der Waals surface area contributed by atoms with Crippen molar-refractivity contribution in [2.75, 3.05) is 0 Å². The summed E-state index contributed by atoms with van der Waals surface area (Å²) in [7, 11) is 0. The maximum absolute atomic E-state index is 13.3. The Balaban J connectivity index is 1.57. The molecule has 0 amide bonds. The number of hydrogen-bond acceptors (Lipinski definition) is 5. The monoisotopic (exact) mass is 334 g/mol. The normalized spacial score (nSPS) is 11.0. The Morgan fingerprint density at radius 2 is 2.09 bits per heavy atom. The van der Waals surface area contributed by atoms with Crippen molar-refractivity contribution in [2.24, 2.45) is 0 Å². The molecule has 0 bridgehead atoms. The zero-order valence-electron chi connectivity index (χ0n) is 11.8. The van der Waals surface area contributed by atoms with Gasteiger partial charge < -0.3 is 10.4 Å². The van der Waals surface area contributed by atoms with E-state index < -0.39 is 0 Å². The number of aliphatic hydroxyl groups excluding tert-OH is 1. The molecule has 114 valence electrons. The van der Waals surface area contributed by atoms with Gasteiger partial charge in [0.15, 0.2) is 0 Å². The van der Waals surface area contributed by atoms with Gasteiger partial charge in [0.1, 0.15) is 10.8 Å². The molecule has 2 heterocycles. The molecule has 0 saturated carbocycles. The van der Waals surface area contributed by atoms with Gasteiger partial charge in [-0.1, -0.05) is 12.1 Å². The molecule has 0 fully saturated rings. The lowest BCUT2D eigenvalue weighted by atomic mass is 10.1. The molecule has 0 saturated heterocycles. The van der Waals surface area contributed by atoms with Crippen molar-refractivity contribution in [3.05, 3.63) is 63.7 Å². The molecule has 1 aromatic carbocycles. The van der Waals surface area contributed by atoms with Crippen LogP contribution in [-0.2, 0) is 19.7 Å². The molecule has 0 aliphatic carbocycles. The van der Waals surface area contributed by atoms with Crippen molar-refractivity contribution in [1.82, 2.24) is 10.3 Å². The Kier molecular flexibility index (Phi) is 4.94. The maximum atomic E-state index is 13.3. The van der Waals surface area contributed by atoms with Crippen LogP contribution >= 0.6 is 22.7 Å². The molecule has 0 radical (unpaired) electrons. The molecular weight excluding hydrogens is 319 g/mol. The van der Waals surface area contributed by atoms with Crippen LogP contribution in [-0.4, -0.2) is 10.1 Å². The van der Waals surface area contributed by atoms with Crippen LogP contribution in [0.15, 0.2) is 41.1 Å². The number of aromatic nitrogens is 1. The first-order chi connectivity index (χ1) is 10.8. The third-order valence-corrected chi connectivity index (χ3v) is 5.13. The number of halogens is 1. The first kappa shape index (κ1) is 15.3. The molecule has 0 aliphatic rings. The number of rotatable bonds is 6. The van der Waals surface area contributed by atoms with Gasteiger partial charge in [-0.25, -0.2) is 9.37 Å². The number of thiazole rings is 1. The minimum absolute atomic E-state index is 0.282. The summed E-state index contributed by atoms with van der Waals surface area (Å²) in [6.45, 7) is 0.989.